The molecule has 0 saturated heterocycles. The monoisotopic (exact) mass is 206 g/mol. The number of nitrogens with two attached hydrogens (primary N) is 1. The molecular weight excluding hydrogens is 188 g/mol. The third-order valence-electron chi connectivity index (χ3n) is 2.42. The lowest BCUT2D eigenvalue weighted by Crippen LogP contribution is -2.28. The minimum atomic E-state index is 0.00690. The van der Waals surface area contributed by atoms with E-state index in [0.717, 1.165) is 18.5 Å². The van der Waals surface area contributed by atoms with Crippen LogP contribution >= 0.6 is 0 Å². The van der Waals surface area contributed by atoms with Crippen LogP contribution in [0.3, 0.4) is 0 Å². The first-order valence-corrected chi connectivity index (χ1v) is 5.18. The molecule has 1 amide bonds. The Morgan fingerprint density at radius 1 is 1.47 bits per heavy atom. The van der Waals surface area contributed by atoms with Crippen molar-refractivity contribution in [3.63, 3.8) is 0 Å². The van der Waals surface area contributed by atoms with Gasteiger partial charge in [0.15, 0.2) is 0 Å². The number of rotatable bonds is 3. The molecule has 0 aliphatic heterocycles. The normalized spacial score (nSPS) is 10.1. The van der Waals surface area contributed by atoms with Gasteiger partial charge in [-0.05, 0) is 25.0 Å². The molecule has 0 aliphatic rings. The smallest absolute Gasteiger partial charge is 0.255 e. The highest BCUT2D eigenvalue weighted by molar-refractivity contribution is 6.00. The van der Waals surface area contributed by atoms with Crippen molar-refractivity contribution in [3.8, 4) is 0 Å². The molecule has 15 heavy (non-hydrogen) atoms. The Bertz CT molecular complexity index is 340. The minimum absolute atomic E-state index is 0.00690. The molecule has 0 spiro atoms. The zero-order valence-corrected chi connectivity index (χ0v) is 9.58. The van der Waals surface area contributed by atoms with E-state index in [1.807, 2.05) is 26.0 Å². The van der Waals surface area contributed by atoms with Gasteiger partial charge >= 0.3 is 0 Å². The number of benzene rings is 1. The molecule has 0 heterocycles. The van der Waals surface area contributed by atoms with Crippen molar-refractivity contribution in [2.45, 2.75) is 20.3 Å². The molecule has 1 aromatic carbocycles. The fourth-order valence-electron chi connectivity index (χ4n) is 1.61. The molecule has 3 nitrogen and oxygen atoms in total. The number of hydrogen-bond donors (Lipinski definition) is 1. The van der Waals surface area contributed by atoms with E-state index in [2.05, 4.69) is 0 Å². The highest BCUT2D eigenvalue weighted by atomic mass is 16.2. The number of anilines is 1. The van der Waals surface area contributed by atoms with E-state index in [-0.39, 0.29) is 5.91 Å². The van der Waals surface area contributed by atoms with Gasteiger partial charge in [0, 0.05) is 19.3 Å². The first-order valence-electron chi connectivity index (χ1n) is 5.18. The predicted molar refractivity (Wildman–Crippen MR) is 62.8 cm³/mol. The molecule has 0 aromatic heterocycles. The summed E-state index contributed by atoms with van der Waals surface area (Å²) >= 11 is 0. The molecule has 0 fully saturated rings. The molecule has 0 unspecified atom stereocenters. The van der Waals surface area contributed by atoms with E-state index >= 15 is 0 Å². The van der Waals surface area contributed by atoms with Crippen LogP contribution in [0.2, 0.25) is 0 Å². The van der Waals surface area contributed by atoms with E-state index in [1.54, 1.807) is 18.0 Å². The topological polar surface area (TPSA) is 46.3 Å². The first kappa shape index (κ1) is 11.6. The Morgan fingerprint density at radius 2 is 2.13 bits per heavy atom. The van der Waals surface area contributed by atoms with Crippen LogP contribution in [0.1, 0.15) is 29.3 Å². The van der Waals surface area contributed by atoms with Gasteiger partial charge in [0.2, 0.25) is 0 Å². The zero-order valence-electron chi connectivity index (χ0n) is 9.58. The van der Waals surface area contributed by atoms with Crippen LogP contribution in [0.5, 0.6) is 0 Å². The fraction of sp³-hybridized carbons (Fsp3) is 0.417. The van der Waals surface area contributed by atoms with Gasteiger partial charge in [-0.15, -0.1) is 0 Å². The van der Waals surface area contributed by atoms with Crippen LogP contribution in [-0.4, -0.2) is 24.4 Å². The summed E-state index contributed by atoms with van der Waals surface area (Å²) in [5.41, 5.74) is 7.93. The maximum absolute atomic E-state index is 12.0. The molecule has 0 radical (unpaired) electrons. The lowest BCUT2D eigenvalue weighted by atomic mass is 10.1. The van der Waals surface area contributed by atoms with Crippen molar-refractivity contribution >= 4 is 11.6 Å². The van der Waals surface area contributed by atoms with Crippen molar-refractivity contribution in [2.24, 2.45) is 0 Å². The molecule has 0 bridgehead atoms. The average Bonchev–Trinajstić information content (AvgIpc) is 2.17. The van der Waals surface area contributed by atoms with Gasteiger partial charge in [-0.25, -0.2) is 0 Å². The van der Waals surface area contributed by atoms with Gasteiger partial charge in [-0.1, -0.05) is 19.1 Å². The van der Waals surface area contributed by atoms with Crippen molar-refractivity contribution in [2.75, 3.05) is 19.3 Å². The van der Waals surface area contributed by atoms with Crippen molar-refractivity contribution < 1.29 is 4.79 Å². The maximum Gasteiger partial charge on any atom is 0.255 e. The molecular formula is C12H18N2O. The third-order valence-corrected chi connectivity index (χ3v) is 2.42. The van der Waals surface area contributed by atoms with E-state index < -0.39 is 0 Å². The summed E-state index contributed by atoms with van der Waals surface area (Å²) in [7, 11) is 1.80. The SMILES string of the molecule is CCCN(C)C(=O)c1c(C)cccc1N. The van der Waals surface area contributed by atoms with Crippen LogP contribution < -0.4 is 5.73 Å². The van der Waals surface area contributed by atoms with Crippen LogP contribution in [-0.2, 0) is 0 Å². The number of nitrogen functional groups attached to an aromatic ring is 1. The van der Waals surface area contributed by atoms with E-state index in [0.29, 0.717) is 11.3 Å². The van der Waals surface area contributed by atoms with E-state index in [9.17, 15) is 4.79 Å². The van der Waals surface area contributed by atoms with E-state index in [1.165, 1.54) is 0 Å². The van der Waals surface area contributed by atoms with Gasteiger partial charge in [0.25, 0.3) is 5.91 Å². The second kappa shape index (κ2) is 4.82. The zero-order chi connectivity index (χ0) is 11.4. The summed E-state index contributed by atoms with van der Waals surface area (Å²) in [6, 6.07) is 5.53. The number of hydrogen-bond acceptors (Lipinski definition) is 2. The second-order valence-electron chi connectivity index (χ2n) is 3.77. The number of amides is 1. The van der Waals surface area contributed by atoms with Crippen molar-refractivity contribution in [1.82, 2.24) is 4.90 Å². The molecule has 82 valence electrons. The first-order chi connectivity index (χ1) is 7.07. The summed E-state index contributed by atoms with van der Waals surface area (Å²) < 4.78 is 0. The van der Waals surface area contributed by atoms with Crippen LogP contribution in [0.25, 0.3) is 0 Å². The highest BCUT2D eigenvalue weighted by Gasteiger charge is 2.15. The lowest BCUT2D eigenvalue weighted by Gasteiger charge is -2.18. The van der Waals surface area contributed by atoms with Crippen LogP contribution in [0.4, 0.5) is 5.69 Å². The van der Waals surface area contributed by atoms with E-state index in [4.69, 9.17) is 5.73 Å². The van der Waals surface area contributed by atoms with Crippen molar-refractivity contribution in [1.29, 1.82) is 0 Å². The quantitative estimate of drug-likeness (QED) is 0.769. The number of nitrogens with zero attached hydrogens (tertiary/aromatic N) is 1. The summed E-state index contributed by atoms with van der Waals surface area (Å²) in [6.07, 6.45) is 0.952. The molecule has 0 saturated carbocycles. The van der Waals surface area contributed by atoms with Gasteiger partial charge in [-0.3, -0.25) is 4.79 Å². The van der Waals surface area contributed by atoms with Gasteiger partial charge in [0.05, 0.1) is 5.56 Å². The average molecular weight is 206 g/mol. The Morgan fingerprint density at radius 3 is 2.67 bits per heavy atom. The summed E-state index contributed by atoms with van der Waals surface area (Å²) in [5, 5.41) is 0. The number of carbonyl (C=O) groups excluding carboxylic acids is 1. The maximum atomic E-state index is 12.0. The van der Waals surface area contributed by atoms with Gasteiger partial charge in [-0.2, -0.15) is 0 Å². The van der Waals surface area contributed by atoms with Gasteiger partial charge < -0.3 is 10.6 Å². The largest absolute Gasteiger partial charge is 0.398 e. The Balaban J connectivity index is 3.00. The Labute approximate surface area is 90.9 Å². The predicted octanol–water partition coefficient (Wildman–Crippen LogP) is 2.06. The van der Waals surface area contributed by atoms with Crippen LogP contribution in [0.15, 0.2) is 18.2 Å². The van der Waals surface area contributed by atoms with Crippen LogP contribution in [0, 0.1) is 6.92 Å². The molecule has 0 aliphatic carbocycles. The van der Waals surface area contributed by atoms with Gasteiger partial charge in [0.1, 0.15) is 0 Å². The minimum Gasteiger partial charge on any atom is -0.398 e. The molecule has 1 aromatic rings. The molecule has 3 heteroatoms. The fourth-order valence-corrected chi connectivity index (χ4v) is 1.61. The molecule has 2 N–H and O–H groups in total. The highest BCUT2D eigenvalue weighted by Crippen LogP contribution is 2.17. The summed E-state index contributed by atoms with van der Waals surface area (Å²) in [5.74, 6) is 0.00690. The third kappa shape index (κ3) is 2.49. The Kier molecular flexibility index (Phi) is 3.72. The lowest BCUT2D eigenvalue weighted by molar-refractivity contribution is 0.0795. The number of carbonyl (C=O) groups is 1. The number of aryl methyl sites for hydroxylation is 1. The molecule has 0 atom stereocenters. The second-order valence-corrected chi connectivity index (χ2v) is 3.77. The summed E-state index contributed by atoms with van der Waals surface area (Å²) in [6.45, 7) is 4.71. The molecule has 1 rings (SSSR count). The summed E-state index contributed by atoms with van der Waals surface area (Å²) in [4.78, 5) is 13.7. The standard InChI is InChI=1S/C12H18N2O/c1-4-8-14(3)12(15)11-9(2)6-5-7-10(11)13/h5-7H,4,8,13H2,1-3H3. The Hall–Kier alpha value is -1.51. The van der Waals surface area contributed by atoms with Crippen molar-refractivity contribution in [3.05, 3.63) is 29.3 Å².